The van der Waals surface area contributed by atoms with Crippen molar-refractivity contribution in [2.24, 2.45) is 0 Å². The number of hydrogen-bond acceptors (Lipinski definition) is 4. The molecule has 0 saturated carbocycles. The van der Waals surface area contributed by atoms with Gasteiger partial charge in [-0.25, -0.2) is 0 Å². The van der Waals surface area contributed by atoms with Crippen LogP contribution < -0.4 is 15.5 Å². The summed E-state index contributed by atoms with van der Waals surface area (Å²) in [6, 6.07) is 15.1. The molecule has 1 fully saturated rings. The summed E-state index contributed by atoms with van der Waals surface area (Å²) in [5.41, 5.74) is 3.42. The van der Waals surface area contributed by atoms with E-state index < -0.39 is 0 Å². The second kappa shape index (κ2) is 9.26. The van der Waals surface area contributed by atoms with Gasteiger partial charge in [0.2, 0.25) is 5.91 Å². The molecule has 6 nitrogen and oxygen atoms in total. The summed E-state index contributed by atoms with van der Waals surface area (Å²) in [5.74, 6) is -0.156. The van der Waals surface area contributed by atoms with Gasteiger partial charge in [0.05, 0.1) is 6.54 Å². The van der Waals surface area contributed by atoms with Crippen molar-refractivity contribution in [1.29, 1.82) is 0 Å². The molecule has 0 radical (unpaired) electrons. The molecule has 0 spiro atoms. The highest BCUT2D eigenvalue weighted by Gasteiger charge is 2.11. The largest absolute Gasteiger partial charge is 0.376 e. The van der Waals surface area contributed by atoms with Crippen molar-refractivity contribution in [3.63, 3.8) is 0 Å². The van der Waals surface area contributed by atoms with E-state index in [9.17, 15) is 9.59 Å². The van der Waals surface area contributed by atoms with Gasteiger partial charge in [-0.3, -0.25) is 9.59 Å². The average Bonchev–Trinajstić information content (AvgIpc) is 2.73. The smallest absolute Gasteiger partial charge is 0.253 e. The molecule has 6 heteroatoms. The summed E-state index contributed by atoms with van der Waals surface area (Å²) in [5, 5.41) is 5.98. The van der Waals surface area contributed by atoms with Gasteiger partial charge in [0.1, 0.15) is 0 Å². The van der Waals surface area contributed by atoms with Gasteiger partial charge in [-0.15, -0.1) is 0 Å². The number of nitrogens with one attached hydrogen (secondary N) is 2. The van der Waals surface area contributed by atoms with Crippen LogP contribution in [0.4, 0.5) is 17.1 Å². The molecule has 1 aliphatic rings. The van der Waals surface area contributed by atoms with Crippen LogP contribution in [0.25, 0.3) is 0 Å². The minimum absolute atomic E-state index is 0.0442. The number of carbonyl (C=O) groups is 2. The number of anilines is 3. The van der Waals surface area contributed by atoms with E-state index in [1.54, 1.807) is 38.4 Å². The summed E-state index contributed by atoms with van der Waals surface area (Å²) in [6.07, 6.45) is 3.80. The van der Waals surface area contributed by atoms with Crippen molar-refractivity contribution < 1.29 is 9.59 Å². The molecule has 1 heterocycles. The second-order valence-electron chi connectivity index (χ2n) is 7.27. The van der Waals surface area contributed by atoms with E-state index in [0.29, 0.717) is 5.56 Å². The Balaban J connectivity index is 1.48. The van der Waals surface area contributed by atoms with Crippen LogP contribution in [-0.4, -0.2) is 50.4 Å². The molecular weight excluding hydrogens is 352 g/mol. The number of rotatable bonds is 6. The van der Waals surface area contributed by atoms with E-state index in [4.69, 9.17) is 0 Å². The Hall–Kier alpha value is -3.02. The zero-order chi connectivity index (χ0) is 19.9. The van der Waals surface area contributed by atoms with Crippen LogP contribution >= 0.6 is 0 Å². The standard InChI is InChI=1S/C22H28N4O2/c1-25(2)22(28)17-6-8-18(9-7-17)23-16-21(27)24-19-10-12-20(13-11-19)26-14-4-3-5-15-26/h6-13,23H,3-5,14-16H2,1-2H3,(H,24,27). The Morgan fingerprint density at radius 3 is 2.11 bits per heavy atom. The van der Waals surface area contributed by atoms with Crippen molar-refractivity contribution in [2.75, 3.05) is 49.3 Å². The Labute approximate surface area is 166 Å². The van der Waals surface area contributed by atoms with Crippen LogP contribution in [-0.2, 0) is 4.79 Å². The lowest BCUT2D eigenvalue weighted by atomic mass is 10.1. The SMILES string of the molecule is CN(C)C(=O)c1ccc(NCC(=O)Nc2ccc(N3CCCCC3)cc2)cc1. The number of piperidine rings is 1. The van der Waals surface area contributed by atoms with Crippen molar-refractivity contribution in [1.82, 2.24) is 4.90 Å². The maximum Gasteiger partial charge on any atom is 0.253 e. The van der Waals surface area contributed by atoms with E-state index in [2.05, 4.69) is 27.7 Å². The molecule has 3 rings (SSSR count). The molecule has 0 unspecified atom stereocenters. The first-order chi connectivity index (χ1) is 13.5. The molecule has 0 bridgehead atoms. The van der Waals surface area contributed by atoms with E-state index in [1.807, 2.05) is 12.1 Å². The summed E-state index contributed by atoms with van der Waals surface area (Å²) < 4.78 is 0. The maximum atomic E-state index is 12.2. The molecule has 2 N–H and O–H groups in total. The van der Waals surface area contributed by atoms with E-state index >= 15 is 0 Å². The molecule has 1 saturated heterocycles. The molecule has 0 atom stereocenters. The molecule has 0 aromatic heterocycles. The minimum Gasteiger partial charge on any atom is -0.376 e. The molecular formula is C22H28N4O2. The van der Waals surface area contributed by atoms with Gasteiger partial charge in [-0.05, 0) is 67.8 Å². The van der Waals surface area contributed by atoms with Crippen LogP contribution in [0, 0.1) is 0 Å². The van der Waals surface area contributed by atoms with Crippen LogP contribution in [0.2, 0.25) is 0 Å². The van der Waals surface area contributed by atoms with Crippen LogP contribution in [0.3, 0.4) is 0 Å². The molecule has 28 heavy (non-hydrogen) atoms. The molecule has 2 aromatic carbocycles. The molecule has 1 aliphatic heterocycles. The zero-order valence-electron chi connectivity index (χ0n) is 16.6. The van der Waals surface area contributed by atoms with Crippen molar-refractivity contribution in [2.45, 2.75) is 19.3 Å². The molecule has 2 amide bonds. The van der Waals surface area contributed by atoms with Gasteiger partial charge in [0, 0.05) is 49.8 Å². The Kier molecular flexibility index (Phi) is 6.53. The maximum absolute atomic E-state index is 12.2. The monoisotopic (exact) mass is 380 g/mol. The van der Waals surface area contributed by atoms with Gasteiger partial charge in [0.15, 0.2) is 0 Å². The Morgan fingerprint density at radius 1 is 0.893 bits per heavy atom. The van der Waals surface area contributed by atoms with Gasteiger partial charge < -0.3 is 20.4 Å². The summed E-state index contributed by atoms with van der Waals surface area (Å²) >= 11 is 0. The lowest BCUT2D eigenvalue weighted by Crippen LogP contribution is -2.29. The first-order valence-electron chi connectivity index (χ1n) is 9.73. The van der Waals surface area contributed by atoms with Crippen LogP contribution in [0.1, 0.15) is 29.6 Å². The van der Waals surface area contributed by atoms with Gasteiger partial charge in [0.25, 0.3) is 5.91 Å². The Morgan fingerprint density at radius 2 is 1.50 bits per heavy atom. The fraction of sp³-hybridized carbons (Fsp3) is 0.364. The van der Waals surface area contributed by atoms with Crippen LogP contribution in [0.5, 0.6) is 0 Å². The van der Waals surface area contributed by atoms with Crippen LogP contribution in [0.15, 0.2) is 48.5 Å². The Bertz CT molecular complexity index is 794. The third-order valence-corrected chi connectivity index (χ3v) is 4.86. The fourth-order valence-electron chi connectivity index (χ4n) is 3.28. The van der Waals surface area contributed by atoms with Crippen molar-refractivity contribution >= 4 is 28.9 Å². The number of hydrogen-bond donors (Lipinski definition) is 2. The third kappa shape index (κ3) is 5.25. The molecule has 148 valence electrons. The second-order valence-corrected chi connectivity index (χ2v) is 7.27. The lowest BCUT2D eigenvalue weighted by Gasteiger charge is -2.28. The van der Waals surface area contributed by atoms with E-state index in [1.165, 1.54) is 29.8 Å². The number of benzene rings is 2. The zero-order valence-corrected chi connectivity index (χ0v) is 16.6. The highest BCUT2D eigenvalue weighted by molar-refractivity contribution is 5.95. The third-order valence-electron chi connectivity index (χ3n) is 4.86. The summed E-state index contributed by atoms with van der Waals surface area (Å²) in [7, 11) is 3.44. The number of nitrogens with zero attached hydrogens (tertiary/aromatic N) is 2. The van der Waals surface area contributed by atoms with Crippen molar-refractivity contribution in [3.05, 3.63) is 54.1 Å². The normalized spacial score (nSPS) is 13.7. The molecule has 2 aromatic rings. The molecule has 0 aliphatic carbocycles. The van der Waals surface area contributed by atoms with Crippen molar-refractivity contribution in [3.8, 4) is 0 Å². The lowest BCUT2D eigenvalue weighted by molar-refractivity contribution is -0.114. The highest BCUT2D eigenvalue weighted by atomic mass is 16.2. The minimum atomic E-state index is -0.112. The highest BCUT2D eigenvalue weighted by Crippen LogP contribution is 2.21. The topological polar surface area (TPSA) is 64.7 Å². The summed E-state index contributed by atoms with van der Waals surface area (Å²) in [4.78, 5) is 28.0. The quantitative estimate of drug-likeness (QED) is 0.806. The fourth-order valence-corrected chi connectivity index (χ4v) is 3.28. The first kappa shape index (κ1) is 19.7. The summed E-state index contributed by atoms with van der Waals surface area (Å²) in [6.45, 7) is 2.37. The van der Waals surface area contributed by atoms with Gasteiger partial charge >= 0.3 is 0 Å². The number of amides is 2. The number of carbonyl (C=O) groups excluding carboxylic acids is 2. The predicted molar refractivity (Wildman–Crippen MR) is 114 cm³/mol. The first-order valence-corrected chi connectivity index (χ1v) is 9.73. The predicted octanol–water partition coefficient (Wildman–Crippen LogP) is 3.43. The van der Waals surface area contributed by atoms with E-state index in [0.717, 1.165) is 24.5 Å². The average molecular weight is 380 g/mol. The van der Waals surface area contributed by atoms with Gasteiger partial charge in [-0.1, -0.05) is 0 Å². The van der Waals surface area contributed by atoms with Gasteiger partial charge in [-0.2, -0.15) is 0 Å². The van der Waals surface area contributed by atoms with E-state index in [-0.39, 0.29) is 18.4 Å².